The van der Waals surface area contributed by atoms with Crippen molar-refractivity contribution in [2.45, 2.75) is 13.3 Å². The molecule has 0 saturated heterocycles. The Morgan fingerprint density at radius 2 is 2.05 bits per heavy atom. The summed E-state index contributed by atoms with van der Waals surface area (Å²) >= 11 is 3.48. The SMILES string of the molecule is CCc1ccc(NC(=O)c2cccc(OC)c2)c(Br)c1. The van der Waals surface area contributed by atoms with Gasteiger partial charge in [0.15, 0.2) is 0 Å². The first-order valence-electron chi connectivity index (χ1n) is 6.38. The smallest absolute Gasteiger partial charge is 0.255 e. The summed E-state index contributed by atoms with van der Waals surface area (Å²) in [6, 6.07) is 13.0. The quantitative estimate of drug-likeness (QED) is 0.907. The van der Waals surface area contributed by atoms with Gasteiger partial charge in [-0.15, -0.1) is 0 Å². The van der Waals surface area contributed by atoms with Crippen molar-refractivity contribution in [3.8, 4) is 5.75 Å². The second-order valence-corrected chi connectivity index (χ2v) is 5.21. The number of anilines is 1. The van der Waals surface area contributed by atoms with Crippen LogP contribution in [-0.4, -0.2) is 13.0 Å². The Morgan fingerprint density at radius 1 is 1.25 bits per heavy atom. The van der Waals surface area contributed by atoms with Gasteiger partial charge in [-0.05, 0) is 58.2 Å². The zero-order valence-electron chi connectivity index (χ0n) is 11.4. The fraction of sp³-hybridized carbons (Fsp3) is 0.188. The second-order valence-electron chi connectivity index (χ2n) is 4.35. The molecule has 0 saturated carbocycles. The Hall–Kier alpha value is -1.81. The van der Waals surface area contributed by atoms with E-state index in [1.165, 1.54) is 5.56 Å². The van der Waals surface area contributed by atoms with Gasteiger partial charge < -0.3 is 10.1 Å². The first kappa shape index (κ1) is 14.6. The molecule has 20 heavy (non-hydrogen) atoms. The molecule has 0 atom stereocenters. The van der Waals surface area contributed by atoms with Crippen LogP contribution in [0.3, 0.4) is 0 Å². The van der Waals surface area contributed by atoms with Crippen LogP contribution in [0.15, 0.2) is 46.9 Å². The third-order valence-electron chi connectivity index (χ3n) is 3.02. The molecule has 1 amide bonds. The Balaban J connectivity index is 2.18. The van der Waals surface area contributed by atoms with Gasteiger partial charge >= 0.3 is 0 Å². The van der Waals surface area contributed by atoms with E-state index < -0.39 is 0 Å². The summed E-state index contributed by atoms with van der Waals surface area (Å²) in [5, 5.41) is 2.89. The third-order valence-corrected chi connectivity index (χ3v) is 3.68. The summed E-state index contributed by atoms with van der Waals surface area (Å²) < 4.78 is 6.00. The highest BCUT2D eigenvalue weighted by Gasteiger charge is 2.09. The number of hydrogen-bond donors (Lipinski definition) is 1. The molecular formula is C16H16BrNO2. The van der Waals surface area contributed by atoms with Crippen LogP contribution in [0.4, 0.5) is 5.69 Å². The normalized spacial score (nSPS) is 10.2. The number of benzene rings is 2. The van der Waals surface area contributed by atoms with E-state index in [1.807, 2.05) is 24.3 Å². The monoisotopic (exact) mass is 333 g/mol. The highest BCUT2D eigenvalue weighted by Crippen LogP contribution is 2.25. The molecule has 1 N–H and O–H groups in total. The fourth-order valence-electron chi connectivity index (χ4n) is 1.84. The molecule has 0 spiro atoms. The fourth-order valence-corrected chi connectivity index (χ4v) is 2.36. The number of methoxy groups -OCH3 is 1. The molecule has 0 radical (unpaired) electrons. The number of halogens is 1. The molecule has 2 aromatic rings. The number of hydrogen-bond acceptors (Lipinski definition) is 2. The molecule has 0 aliphatic carbocycles. The molecule has 0 unspecified atom stereocenters. The molecular weight excluding hydrogens is 318 g/mol. The average Bonchev–Trinajstić information content (AvgIpc) is 2.49. The highest BCUT2D eigenvalue weighted by atomic mass is 79.9. The lowest BCUT2D eigenvalue weighted by atomic mass is 10.1. The van der Waals surface area contributed by atoms with Crippen molar-refractivity contribution < 1.29 is 9.53 Å². The van der Waals surface area contributed by atoms with Gasteiger partial charge in [0, 0.05) is 10.0 Å². The molecule has 0 bridgehead atoms. The number of rotatable bonds is 4. The maximum Gasteiger partial charge on any atom is 0.255 e. The lowest BCUT2D eigenvalue weighted by Gasteiger charge is -2.09. The molecule has 0 aliphatic rings. The van der Waals surface area contributed by atoms with Crippen molar-refractivity contribution in [2.24, 2.45) is 0 Å². The van der Waals surface area contributed by atoms with E-state index in [0.29, 0.717) is 11.3 Å². The van der Waals surface area contributed by atoms with Gasteiger partial charge in [-0.3, -0.25) is 4.79 Å². The van der Waals surface area contributed by atoms with E-state index >= 15 is 0 Å². The zero-order valence-corrected chi connectivity index (χ0v) is 13.0. The molecule has 0 aliphatic heterocycles. The lowest BCUT2D eigenvalue weighted by molar-refractivity contribution is 0.102. The van der Waals surface area contributed by atoms with Crippen LogP contribution in [-0.2, 0) is 6.42 Å². The Bertz CT molecular complexity index is 626. The van der Waals surface area contributed by atoms with Crippen molar-refractivity contribution in [1.29, 1.82) is 0 Å². The largest absolute Gasteiger partial charge is 0.497 e. The van der Waals surface area contributed by atoms with Gasteiger partial charge in [0.1, 0.15) is 5.75 Å². The summed E-state index contributed by atoms with van der Waals surface area (Å²) in [7, 11) is 1.58. The molecule has 104 valence electrons. The Labute approximate surface area is 127 Å². The lowest BCUT2D eigenvalue weighted by Crippen LogP contribution is -2.12. The summed E-state index contributed by atoms with van der Waals surface area (Å²) in [6.45, 7) is 2.09. The Morgan fingerprint density at radius 3 is 2.70 bits per heavy atom. The van der Waals surface area contributed by atoms with E-state index in [2.05, 4.69) is 28.2 Å². The summed E-state index contributed by atoms with van der Waals surface area (Å²) in [4.78, 5) is 12.2. The van der Waals surface area contributed by atoms with E-state index in [0.717, 1.165) is 16.6 Å². The van der Waals surface area contributed by atoms with Crippen LogP contribution < -0.4 is 10.1 Å². The van der Waals surface area contributed by atoms with Crippen molar-refractivity contribution in [3.63, 3.8) is 0 Å². The van der Waals surface area contributed by atoms with Crippen molar-refractivity contribution >= 4 is 27.5 Å². The van der Waals surface area contributed by atoms with E-state index in [1.54, 1.807) is 25.3 Å². The van der Waals surface area contributed by atoms with E-state index in [-0.39, 0.29) is 5.91 Å². The maximum atomic E-state index is 12.2. The van der Waals surface area contributed by atoms with Crippen LogP contribution >= 0.6 is 15.9 Å². The molecule has 0 aromatic heterocycles. The predicted molar refractivity (Wildman–Crippen MR) is 84.5 cm³/mol. The zero-order chi connectivity index (χ0) is 14.5. The summed E-state index contributed by atoms with van der Waals surface area (Å²) in [5.74, 6) is 0.506. The third kappa shape index (κ3) is 3.39. The minimum atomic E-state index is -0.158. The van der Waals surface area contributed by atoms with Gasteiger partial charge in [-0.2, -0.15) is 0 Å². The second kappa shape index (κ2) is 6.57. The molecule has 2 aromatic carbocycles. The van der Waals surface area contributed by atoms with Gasteiger partial charge in [0.05, 0.1) is 12.8 Å². The molecule has 3 nitrogen and oxygen atoms in total. The van der Waals surface area contributed by atoms with Crippen LogP contribution in [0.25, 0.3) is 0 Å². The maximum absolute atomic E-state index is 12.2. The molecule has 0 fully saturated rings. The topological polar surface area (TPSA) is 38.3 Å². The van der Waals surface area contributed by atoms with Gasteiger partial charge in [0.2, 0.25) is 0 Å². The van der Waals surface area contributed by atoms with Crippen LogP contribution in [0.1, 0.15) is 22.8 Å². The predicted octanol–water partition coefficient (Wildman–Crippen LogP) is 4.27. The Kier molecular flexibility index (Phi) is 4.79. The van der Waals surface area contributed by atoms with E-state index in [9.17, 15) is 4.79 Å². The number of carbonyl (C=O) groups is 1. The molecule has 0 heterocycles. The van der Waals surface area contributed by atoms with Crippen molar-refractivity contribution in [1.82, 2.24) is 0 Å². The summed E-state index contributed by atoms with van der Waals surface area (Å²) in [5.41, 5.74) is 2.54. The minimum absolute atomic E-state index is 0.158. The average molecular weight is 334 g/mol. The number of amides is 1. The minimum Gasteiger partial charge on any atom is -0.497 e. The van der Waals surface area contributed by atoms with Gasteiger partial charge in [-0.25, -0.2) is 0 Å². The van der Waals surface area contributed by atoms with Crippen molar-refractivity contribution in [2.75, 3.05) is 12.4 Å². The highest BCUT2D eigenvalue weighted by molar-refractivity contribution is 9.10. The molecule has 4 heteroatoms. The van der Waals surface area contributed by atoms with Crippen LogP contribution in [0.2, 0.25) is 0 Å². The van der Waals surface area contributed by atoms with Crippen LogP contribution in [0.5, 0.6) is 5.75 Å². The first-order chi connectivity index (χ1) is 9.63. The van der Waals surface area contributed by atoms with Crippen molar-refractivity contribution in [3.05, 3.63) is 58.1 Å². The van der Waals surface area contributed by atoms with E-state index in [4.69, 9.17) is 4.74 Å². The standard InChI is InChI=1S/C16H16BrNO2/c1-3-11-7-8-15(14(17)9-11)18-16(19)12-5-4-6-13(10-12)20-2/h4-10H,3H2,1-2H3,(H,18,19). The van der Waals surface area contributed by atoms with Crippen LogP contribution in [0, 0.1) is 0 Å². The number of nitrogens with one attached hydrogen (secondary N) is 1. The molecule has 2 rings (SSSR count). The van der Waals surface area contributed by atoms with Gasteiger partial charge in [0.25, 0.3) is 5.91 Å². The first-order valence-corrected chi connectivity index (χ1v) is 7.17. The number of ether oxygens (including phenoxy) is 1. The summed E-state index contributed by atoms with van der Waals surface area (Å²) in [6.07, 6.45) is 0.961. The number of aryl methyl sites for hydroxylation is 1. The number of carbonyl (C=O) groups excluding carboxylic acids is 1. The van der Waals surface area contributed by atoms with Gasteiger partial charge in [-0.1, -0.05) is 19.1 Å².